The van der Waals surface area contributed by atoms with E-state index >= 15 is 0 Å². The Labute approximate surface area is 198 Å². The number of carbonyl (C=O) groups excluding carboxylic acids is 2. The third-order valence-corrected chi connectivity index (χ3v) is 6.31. The van der Waals surface area contributed by atoms with E-state index in [9.17, 15) is 9.59 Å². The van der Waals surface area contributed by atoms with Crippen LogP contribution < -0.4 is 15.5 Å². The van der Waals surface area contributed by atoms with Gasteiger partial charge in [-0.1, -0.05) is 12.8 Å². The minimum Gasteiger partial charge on any atom is -0.383 e. The first-order chi connectivity index (χ1) is 16.5. The normalized spacial score (nSPS) is 17.8. The Balaban J connectivity index is 1.55. The smallest absolute Gasteiger partial charge is 0.272 e. The zero-order chi connectivity index (χ0) is 24.1. The van der Waals surface area contributed by atoms with Crippen LogP contribution in [0.2, 0.25) is 0 Å². The van der Waals surface area contributed by atoms with E-state index in [4.69, 9.17) is 4.74 Å². The zero-order valence-corrected chi connectivity index (χ0v) is 20.0. The lowest BCUT2D eigenvalue weighted by molar-refractivity contribution is -0.127. The van der Waals surface area contributed by atoms with Crippen molar-refractivity contribution in [3.8, 4) is 0 Å². The molecule has 0 bridgehead atoms. The highest BCUT2D eigenvalue weighted by Crippen LogP contribution is 2.24. The molecule has 2 amide bonds. The van der Waals surface area contributed by atoms with E-state index in [0.717, 1.165) is 38.8 Å². The number of hydrogen-bond donors (Lipinski definition) is 2. The number of fused-ring (bicyclic) bond motifs is 1. The maximum Gasteiger partial charge on any atom is 0.272 e. The molecule has 11 heteroatoms. The molecule has 2 N–H and O–H groups in total. The van der Waals surface area contributed by atoms with Gasteiger partial charge in [0.25, 0.3) is 11.8 Å². The summed E-state index contributed by atoms with van der Waals surface area (Å²) in [5, 5.41) is 10.3. The van der Waals surface area contributed by atoms with Gasteiger partial charge in [0.1, 0.15) is 5.70 Å². The SMILES string of the molecule is C/N=C\C(C(=O)N(C)C1CCCC1)=C(/NC)C(=O)Nc1ccn2nc(N3CCOCC3)nc2c1. The molecule has 2 aromatic rings. The summed E-state index contributed by atoms with van der Waals surface area (Å²) in [6.07, 6.45) is 7.37. The summed E-state index contributed by atoms with van der Waals surface area (Å²) in [6.45, 7) is 2.77. The molecular formula is C23H32N8O3. The third-order valence-electron chi connectivity index (χ3n) is 6.31. The fourth-order valence-corrected chi connectivity index (χ4v) is 4.41. The van der Waals surface area contributed by atoms with E-state index < -0.39 is 5.91 Å². The molecule has 2 aliphatic rings. The van der Waals surface area contributed by atoms with Crippen molar-refractivity contribution in [2.45, 2.75) is 31.7 Å². The quantitative estimate of drug-likeness (QED) is 0.461. The molecule has 1 saturated carbocycles. The van der Waals surface area contributed by atoms with Crippen LogP contribution in [0.4, 0.5) is 11.6 Å². The molecular weight excluding hydrogens is 436 g/mol. The number of nitrogens with one attached hydrogen (secondary N) is 2. The number of likely N-dealkylation sites (N-methyl/N-ethyl adjacent to an activating group) is 2. The molecule has 1 saturated heterocycles. The van der Waals surface area contributed by atoms with E-state index in [1.807, 2.05) is 0 Å². The summed E-state index contributed by atoms with van der Waals surface area (Å²) in [4.78, 5) is 38.8. The van der Waals surface area contributed by atoms with Gasteiger partial charge in [-0.25, -0.2) is 4.52 Å². The summed E-state index contributed by atoms with van der Waals surface area (Å²) < 4.78 is 7.06. The molecule has 3 heterocycles. The Kier molecular flexibility index (Phi) is 7.41. The van der Waals surface area contributed by atoms with Crippen molar-refractivity contribution in [3.63, 3.8) is 0 Å². The molecule has 0 atom stereocenters. The standard InChI is InChI=1S/C23H32N8O3/c1-24-15-18(22(33)29(3)17-6-4-5-7-17)20(25-2)21(32)26-16-8-9-31-19(14-16)27-23(28-31)30-10-12-34-13-11-30/h8-9,14-15,17,25H,4-7,10-13H2,1-3H3,(H,26,32)/b20-18+,24-15-. The molecule has 182 valence electrons. The van der Waals surface area contributed by atoms with E-state index in [1.54, 1.807) is 48.9 Å². The van der Waals surface area contributed by atoms with Gasteiger partial charge in [0.2, 0.25) is 5.95 Å². The molecule has 1 aliphatic carbocycles. The molecule has 2 aromatic heterocycles. The molecule has 4 rings (SSSR count). The van der Waals surface area contributed by atoms with Gasteiger partial charge in [0, 0.05) is 64.4 Å². The molecule has 34 heavy (non-hydrogen) atoms. The Hall–Kier alpha value is -3.47. The number of anilines is 2. The maximum absolute atomic E-state index is 13.2. The molecule has 0 spiro atoms. The predicted octanol–water partition coefficient (Wildman–Crippen LogP) is 1.08. The van der Waals surface area contributed by atoms with Crippen molar-refractivity contribution in [2.75, 3.05) is 57.7 Å². The minimum atomic E-state index is -0.428. The first kappa shape index (κ1) is 23.7. The largest absolute Gasteiger partial charge is 0.383 e. The van der Waals surface area contributed by atoms with Crippen LogP contribution in [-0.2, 0) is 14.3 Å². The lowest BCUT2D eigenvalue weighted by atomic mass is 10.1. The number of carbonyl (C=O) groups is 2. The third kappa shape index (κ3) is 5.04. The van der Waals surface area contributed by atoms with E-state index in [-0.39, 0.29) is 23.2 Å². The average Bonchev–Trinajstić information content (AvgIpc) is 3.54. The van der Waals surface area contributed by atoms with Crippen molar-refractivity contribution in [1.82, 2.24) is 24.8 Å². The van der Waals surface area contributed by atoms with Crippen LogP contribution in [0.1, 0.15) is 25.7 Å². The number of pyridine rings is 1. The number of aliphatic imine (C=N–C) groups is 1. The van der Waals surface area contributed by atoms with Gasteiger partial charge in [-0.15, -0.1) is 5.10 Å². The van der Waals surface area contributed by atoms with Crippen molar-refractivity contribution < 1.29 is 14.3 Å². The average molecular weight is 469 g/mol. The summed E-state index contributed by atoms with van der Waals surface area (Å²) in [7, 11) is 5.00. The van der Waals surface area contributed by atoms with Crippen LogP contribution in [0.25, 0.3) is 5.65 Å². The lowest BCUT2D eigenvalue weighted by Crippen LogP contribution is -2.39. The molecule has 11 nitrogen and oxygen atoms in total. The summed E-state index contributed by atoms with van der Waals surface area (Å²) in [6, 6.07) is 3.68. The zero-order valence-electron chi connectivity index (χ0n) is 20.0. The molecule has 0 aromatic carbocycles. The second-order valence-electron chi connectivity index (χ2n) is 8.46. The van der Waals surface area contributed by atoms with Gasteiger partial charge in [-0.2, -0.15) is 4.98 Å². The highest BCUT2D eigenvalue weighted by Gasteiger charge is 2.28. The highest BCUT2D eigenvalue weighted by molar-refractivity contribution is 6.19. The van der Waals surface area contributed by atoms with E-state index in [2.05, 4.69) is 30.6 Å². The van der Waals surface area contributed by atoms with Crippen molar-refractivity contribution >= 4 is 35.3 Å². The minimum absolute atomic E-state index is 0.163. The monoisotopic (exact) mass is 468 g/mol. The van der Waals surface area contributed by atoms with Gasteiger partial charge < -0.3 is 25.2 Å². The molecule has 1 aliphatic heterocycles. The second kappa shape index (κ2) is 10.6. The Morgan fingerprint density at radius 2 is 2.00 bits per heavy atom. The number of rotatable bonds is 7. The van der Waals surface area contributed by atoms with E-state index in [0.29, 0.717) is 30.5 Å². The fourth-order valence-electron chi connectivity index (χ4n) is 4.41. The first-order valence-corrected chi connectivity index (χ1v) is 11.6. The van der Waals surface area contributed by atoms with Gasteiger partial charge >= 0.3 is 0 Å². The van der Waals surface area contributed by atoms with Crippen LogP contribution in [-0.4, -0.2) is 91.0 Å². The molecule has 0 radical (unpaired) electrons. The Bertz CT molecular complexity index is 1100. The van der Waals surface area contributed by atoms with Crippen molar-refractivity contribution in [1.29, 1.82) is 0 Å². The summed E-state index contributed by atoms with van der Waals surface area (Å²) in [5.74, 6) is -0.0209. The van der Waals surface area contributed by atoms with Crippen LogP contribution in [0.5, 0.6) is 0 Å². The van der Waals surface area contributed by atoms with Crippen molar-refractivity contribution in [3.05, 3.63) is 29.6 Å². The number of ether oxygens (including phenoxy) is 1. The lowest BCUT2D eigenvalue weighted by Gasteiger charge is -2.25. The van der Waals surface area contributed by atoms with Gasteiger partial charge in [0.15, 0.2) is 5.65 Å². The number of hydrogen-bond acceptors (Lipinski definition) is 8. The second-order valence-corrected chi connectivity index (χ2v) is 8.46. The highest BCUT2D eigenvalue weighted by atomic mass is 16.5. The maximum atomic E-state index is 13.2. The number of amides is 2. The number of morpholine rings is 1. The summed E-state index contributed by atoms with van der Waals surface area (Å²) in [5.41, 5.74) is 1.56. The summed E-state index contributed by atoms with van der Waals surface area (Å²) >= 11 is 0. The fraction of sp³-hybridized carbons (Fsp3) is 0.522. The van der Waals surface area contributed by atoms with Crippen molar-refractivity contribution in [2.24, 2.45) is 4.99 Å². The Morgan fingerprint density at radius 1 is 1.26 bits per heavy atom. The van der Waals surface area contributed by atoms with Crippen LogP contribution in [0.3, 0.4) is 0 Å². The van der Waals surface area contributed by atoms with Gasteiger partial charge in [-0.3, -0.25) is 14.6 Å². The van der Waals surface area contributed by atoms with Gasteiger partial charge in [0.05, 0.1) is 18.8 Å². The van der Waals surface area contributed by atoms with Crippen LogP contribution in [0.15, 0.2) is 34.6 Å². The number of nitrogens with zero attached hydrogens (tertiary/aromatic N) is 6. The van der Waals surface area contributed by atoms with Gasteiger partial charge in [-0.05, 0) is 18.9 Å². The number of aromatic nitrogens is 3. The van der Waals surface area contributed by atoms with Crippen LogP contribution in [0, 0.1) is 0 Å². The molecule has 2 fully saturated rings. The molecule has 0 unspecified atom stereocenters. The predicted molar refractivity (Wildman–Crippen MR) is 130 cm³/mol. The topological polar surface area (TPSA) is 116 Å². The Morgan fingerprint density at radius 3 is 2.68 bits per heavy atom. The first-order valence-electron chi connectivity index (χ1n) is 11.6. The van der Waals surface area contributed by atoms with Crippen LogP contribution >= 0.6 is 0 Å². The van der Waals surface area contributed by atoms with E-state index in [1.165, 1.54) is 6.21 Å².